The molecule has 0 saturated heterocycles. The molecule has 0 heterocycles. The van der Waals surface area contributed by atoms with Crippen LogP contribution in [0.4, 0.5) is 4.79 Å². The first-order valence-electron chi connectivity index (χ1n) is 3.94. The van der Waals surface area contributed by atoms with E-state index in [1.54, 1.807) is 35.8 Å². The van der Waals surface area contributed by atoms with E-state index in [2.05, 4.69) is 10.1 Å². The van der Waals surface area contributed by atoms with Crippen molar-refractivity contribution in [2.75, 3.05) is 0 Å². The predicted molar refractivity (Wildman–Crippen MR) is 51.6 cm³/mol. The Hall–Kier alpha value is -2.53. The van der Waals surface area contributed by atoms with Crippen LogP contribution in [0.25, 0.3) is 10.4 Å². The van der Waals surface area contributed by atoms with Crippen molar-refractivity contribution in [3.05, 3.63) is 46.3 Å². The molecule has 76 valence electrons. The molecule has 1 aromatic rings. The van der Waals surface area contributed by atoms with E-state index in [9.17, 15) is 9.59 Å². The number of hydrogen-bond acceptors (Lipinski definition) is 3. The smallest absolute Gasteiger partial charge is 0.269 e. The Bertz CT molecular complexity index is 410. The third kappa shape index (κ3) is 3.37. The van der Waals surface area contributed by atoms with Crippen LogP contribution >= 0.6 is 0 Å². The number of urea groups is 1. The first-order valence-corrected chi connectivity index (χ1v) is 3.94. The molecule has 15 heavy (non-hydrogen) atoms. The Morgan fingerprint density at radius 1 is 1.27 bits per heavy atom. The number of benzene rings is 1. The molecule has 1 aromatic carbocycles. The van der Waals surface area contributed by atoms with Gasteiger partial charge < -0.3 is 0 Å². The zero-order valence-corrected chi connectivity index (χ0v) is 7.54. The summed E-state index contributed by atoms with van der Waals surface area (Å²) >= 11 is 0. The van der Waals surface area contributed by atoms with E-state index in [-0.39, 0.29) is 0 Å². The number of hydrogen-bond donors (Lipinski definition) is 2. The summed E-state index contributed by atoms with van der Waals surface area (Å²) in [6.07, 6.45) is 0. The van der Waals surface area contributed by atoms with Crippen molar-refractivity contribution in [2.45, 2.75) is 0 Å². The van der Waals surface area contributed by atoms with Gasteiger partial charge in [-0.05, 0) is 17.4 Å². The summed E-state index contributed by atoms with van der Waals surface area (Å²) in [6.45, 7) is 0. The second-order valence-corrected chi connectivity index (χ2v) is 2.45. The fourth-order valence-corrected chi connectivity index (χ4v) is 0.861. The maximum absolute atomic E-state index is 11.3. The van der Waals surface area contributed by atoms with Crippen molar-refractivity contribution in [3.8, 4) is 0 Å². The maximum Gasteiger partial charge on any atom is 0.416 e. The van der Waals surface area contributed by atoms with Gasteiger partial charge >= 0.3 is 6.03 Å². The highest BCUT2D eigenvalue weighted by Gasteiger charge is 2.10. The second-order valence-electron chi connectivity index (χ2n) is 2.45. The number of amides is 3. The number of rotatable bonds is 2. The molecule has 0 bridgehead atoms. The van der Waals surface area contributed by atoms with Gasteiger partial charge in [0.25, 0.3) is 5.91 Å². The van der Waals surface area contributed by atoms with Crippen molar-refractivity contribution in [1.82, 2.24) is 10.7 Å². The minimum absolute atomic E-state index is 0.341. The van der Waals surface area contributed by atoms with Gasteiger partial charge in [-0.3, -0.25) is 10.1 Å². The SMILES string of the molecule is [N-]=[N+]=NNC(=O)NC(=O)c1ccccc1. The zero-order valence-electron chi connectivity index (χ0n) is 7.54. The lowest BCUT2D eigenvalue weighted by molar-refractivity contribution is 0.0964. The van der Waals surface area contributed by atoms with Crippen LogP contribution in [0.2, 0.25) is 0 Å². The van der Waals surface area contributed by atoms with Crippen LogP contribution in [-0.4, -0.2) is 11.9 Å². The quantitative estimate of drug-likeness (QED) is 0.329. The summed E-state index contributed by atoms with van der Waals surface area (Å²) in [4.78, 5) is 24.5. The topological polar surface area (TPSA) is 107 Å². The van der Waals surface area contributed by atoms with E-state index in [0.717, 1.165) is 0 Å². The van der Waals surface area contributed by atoms with Gasteiger partial charge in [0.1, 0.15) is 0 Å². The Kier molecular flexibility index (Phi) is 3.70. The molecule has 0 aromatic heterocycles. The van der Waals surface area contributed by atoms with Gasteiger partial charge in [-0.2, -0.15) is 10.3 Å². The summed E-state index contributed by atoms with van der Waals surface area (Å²) in [5, 5.41) is 4.76. The molecule has 0 aliphatic rings. The van der Waals surface area contributed by atoms with Crippen molar-refractivity contribution in [2.24, 2.45) is 5.22 Å². The number of nitrogens with one attached hydrogen (secondary N) is 2. The Labute approximate surface area is 84.7 Å². The minimum atomic E-state index is -0.873. The number of carbonyl (C=O) groups is 2. The standard InChI is InChI=1S/C8H7N5O2/c9-12-13-11-8(15)10-7(14)6-4-2-1-3-5-6/h1-5H,(H2,10,11,14,15). The molecule has 3 amide bonds. The van der Waals surface area contributed by atoms with Crippen LogP contribution in [0.15, 0.2) is 35.6 Å². The number of imide groups is 1. The highest BCUT2D eigenvalue weighted by molar-refractivity contribution is 6.04. The third-order valence-electron chi connectivity index (χ3n) is 1.46. The molecule has 0 saturated carbocycles. The molecule has 0 spiro atoms. The number of azide groups is 1. The lowest BCUT2D eigenvalue weighted by Gasteiger charge is -1.99. The van der Waals surface area contributed by atoms with Gasteiger partial charge in [-0.25, -0.2) is 4.79 Å². The number of nitrogens with zero attached hydrogens (tertiary/aromatic N) is 3. The van der Waals surface area contributed by atoms with E-state index in [4.69, 9.17) is 5.53 Å². The molecular weight excluding hydrogens is 198 g/mol. The second kappa shape index (κ2) is 5.25. The molecule has 1 rings (SSSR count). The molecule has 2 N–H and O–H groups in total. The van der Waals surface area contributed by atoms with E-state index in [1.807, 2.05) is 5.32 Å². The van der Waals surface area contributed by atoms with Crippen molar-refractivity contribution >= 4 is 11.9 Å². The molecule has 7 heteroatoms. The highest BCUT2D eigenvalue weighted by Crippen LogP contribution is 1.97. The van der Waals surface area contributed by atoms with Crippen LogP contribution in [0.1, 0.15) is 10.4 Å². The van der Waals surface area contributed by atoms with Crippen molar-refractivity contribution in [3.63, 3.8) is 0 Å². The van der Waals surface area contributed by atoms with Crippen LogP contribution in [0.5, 0.6) is 0 Å². The summed E-state index contributed by atoms with van der Waals surface area (Å²) in [5.74, 6) is -0.568. The average Bonchev–Trinajstić information content (AvgIpc) is 2.27. The minimum Gasteiger partial charge on any atom is -0.269 e. The van der Waals surface area contributed by atoms with E-state index < -0.39 is 11.9 Å². The van der Waals surface area contributed by atoms with Gasteiger partial charge in [-0.15, -0.1) is 5.53 Å². The molecule has 0 fully saturated rings. The first kappa shape index (κ1) is 10.6. The maximum atomic E-state index is 11.3. The molecular formula is C8H7N5O2. The highest BCUT2D eigenvalue weighted by atomic mass is 16.2. The largest absolute Gasteiger partial charge is 0.416 e. The van der Waals surface area contributed by atoms with Crippen molar-refractivity contribution < 1.29 is 9.59 Å². The molecule has 0 aliphatic carbocycles. The Morgan fingerprint density at radius 3 is 2.53 bits per heavy atom. The van der Waals surface area contributed by atoms with E-state index >= 15 is 0 Å². The monoisotopic (exact) mass is 205 g/mol. The van der Waals surface area contributed by atoms with Crippen LogP contribution in [0, 0.1) is 0 Å². The molecule has 7 nitrogen and oxygen atoms in total. The lowest BCUT2D eigenvalue weighted by atomic mass is 10.2. The van der Waals surface area contributed by atoms with Gasteiger partial charge in [-0.1, -0.05) is 18.2 Å². The normalized spacial score (nSPS) is 8.53. The predicted octanol–water partition coefficient (Wildman–Crippen LogP) is 1.35. The summed E-state index contributed by atoms with van der Waals surface area (Å²) in [6, 6.07) is 7.31. The van der Waals surface area contributed by atoms with Gasteiger partial charge in [0, 0.05) is 5.56 Å². The van der Waals surface area contributed by atoms with E-state index in [1.165, 1.54) is 0 Å². The van der Waals surface area contributed by atoms with E-state index in [0.29, 0.717) is 5.56 Å². The molecule has 0 atom stereocenters. The fourth-order valence-electron chi connectivity index (χ4n) is 0.861. The number of carbonyl (C=O) groups excluding carboxylic acids is 2. The van der Waals surface area contributed by atoms with Crippen molar-refractivity contribution in [1.29, 1.82) is 0 Å². The summed E-state index contributed by atoms with van der Waals surface area (Å²) in [7, 11) is 0. The summed E-state index contributed by atoms with van der Waals surface area (Å²) < 4.78 is 0. The first-order chi connectivity index (χ1) is 7.24. The average molecular weight is 205 g/mol. The summed E-state index contributed by atoms with van der Waals surface area (Å²) in [5.41, 5.74) is 10.0. The van der Waals surface area contributed by atoms with Gasteiger partial charge in [0.15, 0.2) is 0 Å². The molecule has 0 aliphatic heterocycles. The Morgan fingerprint density at radius 2 is 1.93 bits per heavy atom. The third-order valence-corrected chi connectivity index (χ3v) is 1.46. The van der Waals surface area contributed by atoms with Crippen LogP contribution in [-0.2, 0) is 0 Å². The zero-order chi connectivity index (χ0) is 11.1. The van der Waals surface area contributed by atoms with Gasteiger partial charge in [0.2, 0.25) is 0 Å². The Balaban J connectivity index is 2.57. The van der Waals surface area contributed by atoms with Crippen LogP contribution in [0.3, 0.4) is 0 Å². The lowest BCUT2D eigenvalue weighted by Crippen LogP contribution is -2.36. The fraction of sp³-hybridized carbons (Fsp3) is 0. The molecule has 0 radical (unpaired) electrons. The molecule has 0 unspecified atom stereocenters. The van der Waals surface area contributed by atoms with Crippen LogP contribution < -0.4 is 10.7 Å². The van der Waals surface area contributed by atoms with Gasteiger partial charge in [0.05, 0.1) is 0 Å².